The maximum absolute atomic E-state index is 13.6. The normalized spacial score (nSPS) is 19.4. The van der Waals surface area contributed by atoms with E-state index in [0.717, 1.165) is 42.8 Å². The van der Waals surface area contributed by atoms with Crippen molar-refractivity contribution in [1.29, 1.82) is 0 Å². The summed E-state index contributed by atoms with van der Waals surface area (Å²) in [5, 5.41) is 7.04. The number of amides is 1. The molecule has 0 bridgehead atoms. The molecule has 2 aromatic rings. The zero-order valence-electron chi connectivity index (χ0n) is 20.3. The van der Waals surface area contributed by atoms with Crippen LogP contribution in [-0.2, 0) is 4.79 Å². The maximum Gasteiger partial charge on any atom is 0.257 e. The van der Waals surface area contributed by atoms with Crippen molar-refractivity contribution in [3.63, 3.8) is 0 Å². The molecular weight excluding hydrogens is 452 g/mol. The SMILES string of the molecule is COc1ccc(C2CC(c3ccccc3Cl)=NN2C(=O)CN(C)C2CCN(C)CC2)c(OC)c1. The summed E-state index contributed by atoms with van der Waals surface area (Å²) in [6, 6.07) is 13.4. The minimum atomic E-state index is -0.287. The number of carbonyl (C=O) groups excluding carboxylic acids is 1. The maximum atomic E-state index is 13.6. The molecule has 1 saturated heterocycles. The largest absolute Gasteiger partial charge is 0.497 e. The molecule has 1 atom stereocenters. The monoisotopic (exact) mass is 484 g/mol. The third-order valence-electron chi connectivity index (χ3n) is 6.85. The van der Waals surface area contributed by atoms with E-state index in [1.165, 1.54) is 0 Å². The quantitative estimate of drug-likeness (QED) is 0.593. The second-order valence-corrected chi connectivity index (χ2v) is 9.45. The number of benzene rings is 2. The smallest absolute Gasteiger partial charge is 0.257 e. The molecule has 4 rings (SSSR count). The topological polar surface area (TPSA) is 57.6 Å². The van der Waals surface area contributed by atoms with Gasteiger partial charge in [0, 0.05) is 34.7 Å². The Hall–Kier alpha value is -2.61. The summed E-state index contributed by atoms with van der Waals surface area (Å²) in [5.41, 5.74) is 2.54. The number of rotatable bonds is 7. The van der Waals surface area contributed by atoms with Crippen LogP contribution in [0.5, 0.6) is 11.5 Å². The standard InChI is InChI=1S/C26H33ClN4O3/c1-29-13-11-18(12-14-29)30(2)17-26(32)31-24(21-10-9-19(33-3)15-25(21)34-4)16-23(28-31)20-7-5-6-8-22(20)27/h5-10,15,18,24H,11-14,16-17H2,1-4H3. The molecule has 8 heteroatoms. The van der Waals surface area contributed by atoms with Crippen LogP contribution in [0.1, 0.15) is 36.4 Å². The molecule has 34 heavy (non-hydrogen) atoms. The van der Waals surface area contributed by atoms with Gasteiger partial charge in [-0.3, -0.25) is 9.69 Å². The van der Waals surface area contributed by atoms with Crippen LogP contribution in [0.25, 0.3) is 0 Å². The van der Waals surface area contributed by atoms with E-state index in [1.807, 2.05) is 49.5 Å². The van der Waals surface area contributed by atoms with Gasteiger partial charge in [-0.2, -0.15) is 5.10 Å². The first-order valence-electron chi connectivity index (χ1n) is 11.7. The highest BCUT2D eigenvalue weighted by Crippen LogP contribution is 2.40. The Balaban J connectivity index is 1.62. The second kappa shape index (κ2) is 10.8. The van der Waals surface area contributed by atoms with Crippen LogP contribution in [0.3, 0.4) is 0 Å². The van der Waals surface area contributed by atoms with E-state index in [2.05, 4.69) is 16.8 Å². The summed E-state index contributed by atoms with van der Waals surface area (Å²) in [5.74, 6) is 1.33. The molecule has 2 aliphatic rings. The lowest BCUT2D eigenvalue weighted by atomic mass is 9.97. The molecule has 0 spiro atoms. The van der Waals surface area contributed by atoms with Crippen LogP contribution in [-0.4, -0.2) is 80.4 Å². The van der Waals surface area contributed by atoms with Crippen LogP contribution < -0.4 is 9.47 Å². The first kappa shape index (κ1) is 24.5. The summed E-state index contributed by atoms with van der Waals surface area (Å²) >= 11 is 6.48. The number of methoxy groups -OCH3 is 2. The molecule has 7 nitrogen and oxygen atoms in total. The highest BCUT2D eigenvalue weighted by Gasteiger charge is 2.36. The summed E-state index contributed by atoms with van der Waals surface area (Å²) in [6.45, 7) is 2.41. The van der Waals surface area contributed by atoms with Crippen molar-refractivity contribution >= 4 is 23.2 Å². The lowest BCUT2D eigenvalue weighted by Crippen LogP contribution is -2.46. The summed E-state index contributed by atoms with van der Waals surface area (Å²) < 4.78 is 11.0. The second-order valence-electron chi connectivity index (χ2n) is 9.04. The first-order chi connectivity index (χ1) is 16.4. The van der Waals surface area contributed by atoms with Crippen molar-refractivity contribution in [2.45, 2.75) is 31.3 Å². The van der Waals surface area contributed by atoms with Gasteiger partial charge in [0.1, 0.15) is 11.5 Å². The van der Waals surface area contributed by atoms with Crippen molar-refractivity contribution in [3.8, 4) is 11.5 Å². The van der Waals surface area contributed by atoms with E-state index >= 15 is 0 Å². The van der Waals surface area contributed by atoms with Crippen LogP contribution in [0.4, 0.5) is 0 Å². The highest BCUT2D eigenvalue weighted by atomic mass is 35.5. The van der Waals surface area contributed by atoms with Gasteiger partial charge in [0.15, 0.2) is 0 Å². The van der Waals surface area contributed by atoms with Crippen molar-refractivity contribution in [3.05, 3.63) is 58.6 Å². The van der Waals surface area contributed by atoms with Crippen molar-refractivity contribution in [2.75, 3.05) is 47.9 Å². The first-order valence-corrected chi connectivity index (χ1v) is 12.0. The molecule has 0 aliphatic carbocycles. The van der Waals surface area contributed by atoms with Gasteiger partial charge < -0.3 is 14.4 Å². The minimum Gasteiger partial charge on any atom is -0.497 e. The third kappa shape index (κ3) is 5.22. The Bertz CT molecular complexity index is 1050. The Morgan fingerprint density at radius 2 is 1.88 bits per heavy atom. The fourth-order valence-electron chi connectivity index (χ4n) is 4.78. The number of hydrazone groups is 1. The molecule has 0 saturated carbocycles. The number of ether oxygens (including phenoxy) is 2. The summed E-state index contributed by atoms with van der Waals surface area (Å²) in [4.78, 5) is 18.1. The summed E-state index contributed by atoms with van der Waals surface area (Å²) in [7, 11) is 7.43. The minimum absolute atomic E-state index is 0.0358. The Morgan fingerprint density at radius 1 is 1.15 bits per heavy atom. The van der Waals surface area contributed by atoms with Gasteiger partial charge in [-0.05, 0) is 58.2 Å². The molecule has 1 amide bonds. The fraction of sp³-hybridized carbons (Fsp3) is 0.462. The predicted octanol–water partition coefficient (Wildman–Crippen LogP) is 4.06. The fourth-order valence-corrected chi connectivity index (χ4v) is 5.03. The van der Waals surface area contributed by atoms with E-state index in [0.29, 0.717) is 35.5 Å². The molecule has 0 aromatic heterocycles. The number of hydrogen-bond acceptors (Lipinski definition) is 6. The van der Waals surface area contributed by atoms with Gasteiger partial charge in [0.2, 0.25) is 0 Å². The Kier molecular flexibility index (Phi) is 7.76. The Morgan fingerprint density at radius 3 is 2.56 bits per heavy atom. The average Bonchev–Trinajstić information content (AvgIpc) is 3.29. The van der Waals surface area contributed by atoms with Gasteiger partial charge in [-0.1, -0.05) is 29.8 Å². The van der Waals surface area contributed by atoms with E-state index in [9.17, 15) is 4.79 Å². The number of carbonyl (C=O) groups is 1. The summed E-state index contributed by atoms with van der Waals surface area (Å²) in [6.07, 6.45) is 2.67. The van der Waals surface area contributed by atoms with E-state index in [4.69, 9.17) is 26.2 Å². The van der Waals surface area contributed by atoms with Crippen LogP contribution in [0.2, 0.25) is 5.02 Å². The zero-order valence-corrected chi connectivity index (χ0v) is 21.1. The Labute approximate surface area is 206 Å². The van der Waals surface area contributed by atoms with Crippen LogP contribution >= 0.6 is 11.6 Å². The molecule has 2 aromatic carbocycles. The van der Waals surface area contributed by atoms with Crippen molar-refractivity contribution < 1.29 is 14.3 Å². The zero-order chi connectivity index (χ0) is 24.2. The average molecular weight is 485 g/mol. The number of halogens is 1. The number of piperidine rings is 1. The molecule has 0 radical (unpaired) electrons. The highest BCUT2D eigenvalue weighted by molar-refractivity contribution is 6.34. The molecule has 2 aliphatic heterocycles. The molecule has 0 N–H and O–H groups in total. The lowest BCUT2D eigenvalue weighted by molar-refractivity contribution is -0.134. The van der Waals surface area contributed by atoms with E-state index in [1.54, 1.807) is 19.2 Å². The van der Waals surface area contributed by atoms with Crippen molar-refractivity contribution in [2.24, 2.45) is 5.10 Å². The number of nitrogens with zero attached hydrogens (tertiary/aromatic N) is 4. The van der Waals surface area contributed by atoms with Gasteiger partial charge >= 0.3 is 0 Å². The molecular formula is C26H33ClN4O3. The molecule has 1 fully saturated rings. The van der Waals surface area contributed by atoms with Gasteiger partial charge in [-0.15, -0.1) is 0 Å². The third-order valence-corrected chi connectivity index (χ3v) is 7.18. The van der Waals surface area contributed by atoms with Crippen LogP contribution in [0, 0.1) is 0 Å². The van der Waals surface area contributed by atoms with Gasteiger partial charge in [0.25, 0.3) is 5.91 Å². The van der Waals surface area contributed by atoms with E-state index < -0.39 is 0 Å². The lowest BCUT2D eigenvalue weighted by Gasteiger charge is -2.35. The number of hydrogen-bond donors (Lipinski definition) is 0. The predicted molar refractivity (Wildman–Crippen MR) is 135 cm³/mol. The molecule has 2 heterocycles. The van der Waals surface area contributed by atoms with Gasteiger partial charge in [-0.25, -0.2) is 5.01 Å². The van der Waals surface area contributed by atoms with Gasteiger partial charge in [0.05, 0.1) is 32.5 Å². The molecule has 1 unspecified atom stereocenters. The number of likely N-dealkylation sites (tertiary alicyclic amines) is 1. The number of likely N-dealkylation sites (N-methyl/N-ethyl adjacent to an activating group) is 1. The van der Waals surface area contributed by atoms with E-state index in [-0.39, 0.29) is 11.9 Å². The van der Waals surface area contributed by atoms with Crippen LogP contribution in [0.15, 0.2) is 47.6 Å². The van der Waals surface area contributed by atoms with Crippen molar-refractivity contribution in [1.82, 2.24) is 14.8 Å². The molecule has 182 valence electrons.